The first kappa shape index (κ1) is 12.4. The fourth-order valence-electron chi connectivity index (χ4n) is 0.806. The van der Waals surface area contributed by atoms with Gasteiger partial charge in [0.15, 0.2) is 0 Å². The van der Waals surface area contributed by atoms with E-state index in [4.69, 9.17) is 4.74 Å². The zero-order valence-electron chi connectivity index (χ0n) is 9.23. The maximum absolute atomic E-state index is 11.4. The van der Waals surface area contributed by atoms with Gasteiger partial charge < -0.3 is 4.74 Å². The van der Waals surface area contributed by atoms with Crippen LogP contribution in [0.5, 0.6) is 0 Å². The van der Waals surface area contributed by atoms with Crippen molar-refractivity contribution in [1.29, 1.82) is 0 Å². The molecule has 88 valence electrons. The first-order chi connectivity index (χ1) is 7.38. The van der Waals surface area contributed by atoms with Gasteiger partial charge in [0.25, 0.3) is 5.91 Å². The summed E-state index contributed by atoms with van der Waals surface area (Å²) in [4.78, 5) is 23.0. The molecule has 0 spiro atoms. The van der Waals surface area contributed by atoms with E-state index in [0.717, 1.165) is 11.5 Å². The van der Waals surface area contributed by atoms with Gasteiger partial charge in [-0.2, -0.15) is 0 Å². The maximum Gasteiger partial charge on any atom is 0.426 e. The first-order valence-electron chi connectivity index (χ1n) is 4.58. The third kappa shape index (κ3) is 4.26. The van der Waals surface area contributed by atoms with Gasteiger partial charge in [-0.15, -0.1) is 0 Å². The molecule has 1 heterocycles. The highest BCUT2D eigenvalue weighted by Crippen LogP contribution is 2.06. The molecule has 16 heavy (non-hydrogen) atoms. The van der Waals surface area contributed by atoms with Crippen LogP contribution in [0.2, 0.25) is 0 Å². The molecule has 0 aromatic carbocycles. The van der Waals surface area contributed by atoms with Gasteiger partial charge in [0.05, 0.1) is 0 Å². The molecule has 0 unspecified atom stereocenters. The van der Waals surface area contributed by atoms with Gasteiger partial charge in [0, 0.05) is 6.20 Å². The van der Waals surface area contributed by atoms with E-state index in [1.807, 2.05) is 0 Å². The maximum atomic E-state index is 11.4. The minimum Gasteiger partial charge on any atom is -0.443 e. The van der Waals surface area contributed by atoms with Crippen LogP contribution in [-0.4, -0.2) is 22.0 Å². The van der Waals surface area contributed by atoms with Crippen molar-refractivity contribution in [2.75, 3.05) is 0 Å². The van der Waals surface area contributed by atoms with Gasteiger partial charge in [0.2, 0.25) is 0 Å². The molecule has 0 saturated heterocycles. The molecule has 2 N–H and O–H groups in total. The lowest BCUT2D eigenvalue weighted by atomic mass is 10.2. The van der Waals surface area contributed by atoms with Gasteiger partial charge in [0.1, 0.15) is 10.5 Å². The fraction of sp³-hybridized carbons (Fsp3) is 0.444. The molecule has 0 aliphatic rings. The summed E-state index contributed by atoms with van der Waals surface area (Å²) in [5, 5.41) is 0. The lowest BCUT2D eigenvalue weighted by Crippen LogP contribution is -2.44. The summed E-state index contributed by atoms with van der Waals surface area (Å²) in [5.74, 6) is -0.423. The molecule has 0 atom stereocenters. The number of rotatable bonds is 1. The average molecular weight is 243 g/mol. The normalized spacial score (nSPS) is 10.7. The van der Waals surface area contributed by atoms with Crippen LogP contribution in [0.25, 0.3) is 0 Å². The van der Waals surface area contributed by atoms with Crippen molar-refractivity contribution in [3.63, 3.8) is 0 Å². The number of hydrogen-bond donors (Lipinski definition) is 2. The highest BCUT2D eigenvalue weighted by Gasteiger charge is 2.16. The molecule has 1 aromatic rings. The SMILES string of the molecule is CC(C)(C)OC(=O)NNC(=O)c1ccns1. The second-order valence-electron chi connectivity index (χ2n) is 3.96. The highest BCUT2D eigenvalue weighted by atomic mass is 32.1. The van der Waals surface area contributed by atoms with Gasteiger partial charge in [-0.3, -0.25) is 10.2 Å². The van der Waals surface area contributed by atoms with Crippen molar-refractivity contribution in [3.05, 3.63) is 17.1 Å². The zero-order chi connectivity index (χ0) is 12.2. The van der Waals surface area contributed by atoms with E-state index in [2.05, 4.69) is 15.2 Å². The van der Waals surface area contributed by atoms with Gasteiger partial charge >= 0.3 is 6.09 Å². The number of carbonyl (C=O) groups excluding carboxylic acids is 2. The van der Waals surface area contributed by atoms with Crippen molar-refractivity contribution in [2.24, 2.45) is 0 Å². The van der Waals surface area contributed by atoms with E-state index in [-0.39, 0.29) is 0 Å². The van der Waals surface area contributed by atoms with E-state index in [0.29, 0.717) is 4.88 Å². The average Bonchev–Trinajstić information content (AvgIpc) is 2.64. The van der Waals surface area contributed by atoms with Crippen molar-refractivity contribution in [2.45, 2.75) is 26.4 Å². The largest absolute Gasteiger partial charge is 0.443 e. The van der Waals surface area contributed by atoms with Crippen LogP contribution >= 0.6 is 11.5 Å². The number of amides is 2. The highest BCUT2D eigenvalue weighted by molar-refractivity contribution is 7.08. The second kappa shape index (κ2) is 4.93. The zero-order valence-corrected chi connectivity index (χ0v) is 10.1. The first-order valence-corrected chi connectivity index (χ1v) is 5.36. The summed E-state index contributed by atoms with van der Waals surface area (Å²) in [6, 6.07) is 1.55. The number of aromatic nitrogens is 1. The van der Waals surface area contributed by atoms with Gasteiger partial charge in [-0.05, 0) is 38.4 Å². The molecule has 0 saturated carbocycles. The van der Waals surface area contributed by atoms with Crippen LogP contribution < -0.4 is 10.9 Å². The molecule has 0 aliphatic carbocycles. The monoisotopic (exact) mass is 243 g/mol. The number of carbonyl (C=O) groups is 2. The van der Waals surface area contributed by atoms with Crippen molar-refractivity contribution < 1.29 is 14.3 Å². The predicted octanol–water partition coefficient (Wildman–Crippen LogP) is 1.31. The van der Waals surface area contributed by atoms with Crippen LogP contribution in [-0.2, 0) is 4.74 Å². The van der Waals surface area contributed by atoms with Crippen LogP contribution in [0.1, 0.15) is 30.4 Å². The Kier molecular flexibility index (Phi) is 3.83. The summed E-state index contributed by atoms with van der Waals surface area (Å²) in [6.45, 7) is 5.20. The summed E-state index contributed by atoms with van der Waals surface area (Å²) >= 11 is 1.04. The second-order valence-corrected chi connectivity index (χ2v) is 4.79. The van der Waals surface area contributed by atoms with Crippen LogP contribution in [0, 0.1) is 0 Å². The van der Waals surface area contributed by atoms with Crippen LogP contribution in [0.3, 0.4) is 0 Å². The Bertz CT molecular complexity index is 370. The quantitative estimate of drug-likeness (QED) is 0.729. The molecule has 2 amide bonds. The van der Waals surface area contributed by atoms with E-state index < -0.39 is 17.6 Å². The smallest absolute Gasteiger partial charge is 0.426 e. The molecule has 1 rings (SSSR count). The molecule has 0 radical (unpaired) electrons. The Hall–Kier alpha value is -1.63. The minimum atomic E-state index is -0.703. The molecule has 1 aromatic heterocycles. The van der Waals surface area contributed by atoms with E-state index in [1.54, 1.807) is 26.8 Å². The summed E-state index contributed by atoms with van der Waals surface area (Å²) in [7, 11) is 0. The Morgan fingerprint density at radius 1 is 1.38 bits per heavy atom. The standard InChI is InChI=1S/C9H13N3O3S/c1-9(2,3)15-8(14)12-11-7(13)6-4-5-10-16-6/h4-5H,1-3H3,(H,11,13)(H,12,14). The number of hydrazine groups is 1. The summed E-state index contributed by atoms with van der Waals surface area (Å²) < 4.78 is 8.70. The topological polar surface area (TPSA) is 80.3 Å². The van der Waals surface area contributed by atoms with E-state index in [9.17, 15) is 9.59 Å². The number of hydrogen-bond acceptors (Lipinski definition) is 5. The van der Waals surface area contributed by atoms with Gasteiger partial charge in [-0.1, -0.05) is 0 Å². The summed E-state index contributed by atoms with van der Waals surface area (Å²) in [6.07, 6.45) is 0.804. The van der Waals surface area contributed by atoms with Crippen molar-refractivity contribution in [1.82, 2.24) is 15.2 Å². The predicted molar refractivity (Wildman–Crippen MR) is 58.9 cm³/mol. The third-order valence-corrected chi connectivity index (χ3v) is 2.08. The lowest BCUT2D eigenvalue weighted by molar-refractivity contribution is 0.0484. The minimum absolute atomic E-state index is 0.413. The number of nitrogens with zero attached hydrogens (tertiary/aromatic N) is 1. The Morgan fingerprint density at radius 3 is 2.56 bits per heavy atom. The Labute approximate surface area is 97.1 Å². The van der Waals surface area contributed by atoms with Crippen LogP contribution in [0.15, 0.2) is 12.3 Å². The Balaban J connectivity index is 2.35. The number of nitrogens with one attached hydrogen (secondary N) is 2. The number of ether oxygens (including phenoxy) is 1. The molecular weight excluding hydrogens is 230 g/mol. The molecule has 6 nitrogen and oxygen atoms in total. The third-order valence-electron chi connectivity index (χ3n) is 1.34. The molecule has 0 bridgehead atoms. The Morgan fingerprint density at radius 2 is 2.06 bits per heavy atom. The molecule has 0 fully saturated rings. The van der Waals surface area contributed by atoms with Crippen molar-refractivity contribution in [3.8, 4) is 0 Å². The van der Waals surface area contributed by atoms with Gasteiger partial charge in [-0.25, -0.2) is 14.6 Å². The summed E-state index contributed by atoms with van der Waals surface area (Å²) in [5.41, 5.74) is 3.76. The molecule has 7 heteroatoms. The van der Waals surface area contributed by atoms with Crippen LogP contribution in [0.4, 0.5) is 4.79 Å². The van der Waals surface area contributed by atoms with E-state index >= 15 is 0 Å². The molecular formula is C9H13N3O3S. The van der Waals surface area contributed by atoms with E-state index in [1.165, 1.54) is 6.20 Å². The van der Waals surface area contributed by atoms with Crippen molar-refractivity contribution >= 4 is 23.5 Å². The lowest BCUT2D eigenvalue weighted by Gasteiger charge is -2.19. The molecule has 0 aliphatic heterocycles. The fourth-order valence-corrected chi connectivity index (χ4v) is 1.30.